The van der Waals surface area contributed by atoms with E-state index in [-0.39, 0.29) is 13.2 Å². The number of rotatable bonds is 7. The summed E-state index contributed by atoms with van der Waals surface area (Å²) in [5.41, 5.74) is 4.00. The van der Waals surface area contributed by atoms with Crippen LogP contribution in [0, 0.1) is 0 Å². The lowest BCUT2D eigenvalue weighted by molar-refractivity contribution is 0.162. The third-order valence-electron chi connectivity index (χ3n) is 3.65. The van der Waals surface area contributed by atoms with Crippen LogP contribution in [0.2, 0.25) is 0 Å². The van der Waals surface area contributed by atoms with Gasteiger partial charge in [-0.1, -0.05) is 12.1 Å². The smallest absolute Gasteiger partial charge is 0.0558 e. The van der Waals surface area contributed by atoms with Crippen LogP contribution in [0.4, 0.5) is 5.69 Å². The van der Waals surface area contributed by atoms with Gasteiger partial charge < -0.3 is 15.5 Å². The van der Waals surface area contributed by atoms with E-state index in [1.807, 2.05) is 0 Å². The van der Waals surface area contributed by atoms with E-state index in [1.54, 1.807) is 0 Å². The summed E-state index contributed by atoms with van der Waals surface area (Å²) in [6.07, 6.45) is 2.06. The molecule has 0 fully saturated rings. The molecule has 4 heteroatoms. The summed E-state index contributed by atoms with van der Waals surface area (Å²) < 4.78 is 0. The standard InChI is InChI=1S/C15H24N2O2/c1-12-10-14-11-13(2-3-15(14)16-12)4-5-17(6-8-18)7-9-19/h2-3,11-12,16,18-19H,4-10H2,1H3. The minimum atomic E-state index is 0.144. The summed E-state index contributed by atoms with van der Waals surface area (Å²) in [7, 11) is 0. The van der Waals surface area contributed by atoms with Crippen molar-refractivity contribution in [3.63, 3.8) is 0 Å². The highest BCUT2D eigenvalue weighted by atomic mass is 16.3. The number of aliphatic hydroxyl groups is 2. The van der Waals surface area contributed by atoms with E-state index >= 15 is 0 Å². The summed E-state index contributed by atoms with van der Waals surface area (Å²) in [4.78, 5) is 2.09. The quantitative estimate of drug-likeness (QED) is 0.684. The van der Waals surface area contributed by atoms with Gasteiger partial charge in [-0.05, 0) is 37.0 Å². The third kappa shape index (κ3) is 3.93. The largest absolute Gasteiger partial charge is 0.395 e. The van der Waals surface area contributed by atoms with Gasteiger partial charge in [-0.25, -0.2) is 0 Å². The first-order valence-electron chi connectivity index (χ1n) is 7.05. The van der Waals surface area contributed by atoms with Gasteiger partial charge >= 0.3 is 0 Å². The number of aliphatic hydroxyl groups excluding tert-OH is 2. The molecular formula is C15H24N2O2. The first-order chi connectivity index (χ1) is 9.22. The van der Waals surface area contributed by atoms with E-state index in [2.05, 4.69) is 35.3 Å². The van der Waals surface area contributed by atoms with Crippen molar-refractivity contribution >= 4 is 5.69 Å². The molecule has 3 N–H and O–H groups in total. The molecule has 1 aliphatic rings. The van der Waals surface area contributed by atoms with Crippen LogP contribution >= 0.6 is 0 Å². The first-order valence-corrected chi connectivity index (χ1v) is 7.05. The Kier molecular flexibility index (Phi) is 5.19. The van der Waals surface area contributed by atoms with Crippen LogP contribution < -0.4 is 5.32 Å². The number of hydrogen-bond acceptors (Lipinski definition) is 4. The molecule has 0 saturated carbocycles. The molecule has 0 saturated heterocycles. The zero-order chi connectivity index (χ0) is 13.7. The van der Waals surface area contributed by atoms with Gasteiger partial charge in [0.25, 0.3) is 0 Å². The van der Waals surface area contributed by atoms with E-state index in [1.165, 1.54) is 16.8 Å². The van der Waals surface area contributed by atoms with E-state index in [0.717, 1.165) is 19.4 Å². The van der Waals surface area contributed by atoms with Crippen molar-refractivity contribution in [1.82, 2.24) is 4.90 Å². The Morgan fingerprint density at radius 3 is 2.63 bits per heavy atom. The normalized spacial score (nSPS) is 17.6. The number of nitrogens with one attached hydrogen (secondary N) is 1. The molecule has 1 aliphatic heterocycles. The Bertz CT molecular complexity index is 403. The molecule has 1 aromatic rings. The molecule has 0 amide bonds. The van der Waals surface area contributed by atoms with Crippen molar-refractivity contribution in [2.24, 2.45) is 0 Å². The Balaban J connectivity index is 1.91. The number of benzene rings is 1. The molecule has 0 aliphatic carbocycles. The lowest BCUT2D eigenvalue weighted by atomic mass is 10.0. The van der Waals surface area contributed by atoms with Gasteiger partial charge in [-0.15, -0.1) is 0 Å². The number of hydrogen-bond donors (Lipinski definition) is 3. The summed E-state index contributed by atoms with van der Waals surface area (Å²) in [6.45, 7) is 4.62. The Morgan fingerprint density at radius 1 is 1.21 bits per heavy atom. The lowest BCUT2D eigenvalue weighted by Crippen LogP contribution is -2.31. The Morgan fingerprint density at radius 2 is 1.95 bits per heavy atom. The van der Waals surface area contributed by atoms with Crippen LogP contribution in [0.1, 0.15) is 18.1 Å². The van der Waals surface area contributed by atoms with Crippen LogP contribution in [0.25, 0.3) is 0 Å². The number of anilines is 1. The minimum absolute atomic E-state index is 0.144. The molecule has 1 atom stereocenters. The fourth-order valence-corrected chi connectivity index (χ4v) is 2.66. The Hall–Kier alpha value is -1.10. The van der Waals surface area contributed by atoms with Crippen LogP contribution in [0.15, 0.2) is 18.2 Å². The molecule has 1 aromatic carbocycles. The first kappa shape index (κ1) is 14.3. The van der Waals surface area contributed by atoms with E-state index < -0.39 is 0 Å². The molecule has 2 rings (SSSR count). The molecule has 19 heavy (non-hydrogen) atoms. The maximum absolute atomic E-state index is 8.98. The zero-order valence-corrected chi connectivity index (χ0v) is 11.6. The second-order valence-corrected chi connectivity index (χ2v) is 5.28. The van der Waals surface area contributed by atoms with Crippen molar-refractivity contribution < 1.29 is 10.2 Å². The molecule has 0 spiro atoms. The van der Waals surface area contributed by atoms with Crippen LogP contribution in [0.5, 0.6) is 0 Å². The highest BCUT2D eigenvalue weighted by Gasteiger charge is 2.16. The van der Waals surface area contributed by atoms with Gasteiger partial charge in [0.2, 0.25) is 0 Å². The average molecular weight is 264 g/mol. The highest BCUT2D eigenvalue weighted by molar-refractivity contribution is 5.57. The predicted molar refractivity (Wildman–Crippen MR) is 77.5 cm³/mol. The van der Waals surface area contributed by atoms with Crippen molar-refractivity contribution in [2.45, 2.75) is 25.8 Å². The molecule has 1 unspecified atom stereocenters. The van der Waals surface area contributed by atoms with Crippen molar-refractivity contribution in [3.8, 4) is 0 Å². The van der Waals surface area contributed by atoms with Crippen LogP contribution in [-0.2, 0) is 12.8 Å². The predicted octanol–water partition coefficient (Wildman–Crippen LogP) is 0.872. The molecule has 0 radical (unpaired) electrons. The molecule has 1 heterocycles. The SMILES string of the molecule is CC1Cc2cc(CCN(CCO)CCO)ccc2N1. The van der Waals surface area contributed by atoms with E-state index in [4.69, 9.17) is 10.2 Å². The van der Waals surface area contributed by atoms with Crippen LogP contribution in [0.3, 0.4) is 0 Å². The fourth-order valence-electron chi connectivity index (χ4n) is 2.66. The van der Waals surface area contributed by atoms with Crippen molar-refractivity contribution in [3.05, 3.63) is 29.3 Å². The minimum Gasteiger partial charge on any atom is -0.395 e. The van der Waals surface area contributed by atoms with Gasteiger partial charge in [0.1, 0.15) is 0 Å². The average Bonchev–Trinajstić information content (AvgIpc) is 2.75. The Labute approximate surface area is 115 Å². The zero-order valence-electron chi connectivity index (χ0n) is 11.6. The summed E-state index contributed by atoms with van der Waals surface area (Å²) >= 11 is 0. The number of nitrogens with zero attached hydrogens (tertiary/aromatic N) is 1. The molecule has 0 bridgehead atoms. The molecule has 4 nitrogen and oxygen atoms in total. The van der Waals surface area contributed by atoms with E-state index in [0.29, 0.717) is 19.1 Å². The second-order valence-electron chi connectivity index (χ2n) is 5.28. The highest BCUT2D eigenvalue weighted by Crippen LogP contribution is 2.26. The summed E-state index contributed by atoms with van der Waals surface area (Å²) in [5.74, 6) is 0. The van der Waals surface area contributed by atoms with Crippen LogP contribution in [-0.4, -0.2) is 54.0 Å². The van der Waals surface area contributed by atoms with Crippen molar-refractivity contribution in [2.75, 3.05) is 38.2 Å². The maximum Gasteiger partial charge on any atom is 0.0558 e. The van der Waals surface area contributed by atoms with Crippen molar-refractivity contribution in [1.29, 1.82) is 0 Å². The van der Waals surface area contributed by atoms with E-state index in [9.17, 15) is 0 Å². The maximum atomic E-state index is 8.98. The lowest BCUT2D eigenvalue weighted by Gasteiger charge is -2.20. The topological polar surface area (TPSA) is 55.7 Å². The van der Waals surface area contributed by atoms with Gasteiger partial charge in [0.05, 0.1) is 13.2 Å². The fraction of sp³-hybridized carbons (Fsp3) is 0.600. The van der Waals surface area contributed by atoms with Gasteiger partial charge in [-0.3, -0.25) is 4.90 Å². The summed E-state index contributed by atoms with van der Waals surface area (Å²) in [5, 5.41) is 21.4. The van der Waals surface area contributed by atoms with Gasteiger partial charge in [-0.2, -0.15) is 0 Å². The molecular weight excluding hydrogens is 240 g/mol. The number of fused-ring (bicyclic) bond motifs is 1. The molecule has 0 aromatic heterocycles. The summed E-state index contributed by atoms with van der Waals surface area (Å²) in [6, 6.07) is 7.14. The van der Waals surface area contributed by atoms with Gasteiger partial charge in [0, 0.05) is 31.4 Å². The second kappa shape index (κ2) is 6.89. The monoisotopic (exact) mass is 264 g/mol. The molecule has 106 valence electrons. The van der Waals surface area contributed by atoms with Gasteiger partial charge in [0.15, 0.2) is 0 Å². The third-order valence-corrected chi connectivity index (χ3v) is 3.65.